The van der Waals surface area contributed by atoms with Gasteiger partial charge in [-0.2, -0.15) is 10.4 Å². The number of anilines is 1. The second-order valence-electron chi connectivity index (χ2n) is 4.80. The fourth-order valence-electron chi connectivity index (χ4n) is 2.15. The summed E-state index contributed by atoms with van der Waals surface area (Å²) in [4.78, 5) is 13.9. The molecule has 1 aliphatic rings. The first-order valence-electron chi connectivity index (χ1n) is 5.67. The van der Waals surface area contributed by atoms with Gasteiger partial charge in [-0.25, -0.2) is 0 Å². The molecule has 1 amide bonds. The molecule has 7 heteroatoms. The zero-order valence-corrected chi connectivity index (χ0v) is 10.8. The van der Waals surface area contributed by atoms with Crippen LogP contribution < -0.4 is 5.73 Å². The fraction of sp³-hybridized carbons (Fsp3) is 0.545. The summed E-state index contributed by atoms with van der Waals surface area (Å²) in [5.74, 6) is -0.148. The van der Waals surface area contributed by atoms with E-state index in [2.05, 4.69) is 16.3 Å². The van der Waals surface area contributed by atoms with Crippen LogP contribution in [0.15, 0.2) is 0 Å². The molecular weight excluding hydrogens is 254 g/mol. The van der Waals surface area contributed by atoms with Crippen molar-refractivity contribution in [2.24, 2.45) is 5.41 Å². The molecule has 2 rings (SSSR count). The first kappa shape index (κ1) is 12.7. The number of nitrogens with one attached hydrogen (secondary N) is 1. The third-order valence-electron chi connectivity index (χ3n) is 3.20. The molecule has 0 bridgehead atoms. The lowest BCUT2D eigenvalue weighted by Gasteiger charge is -2.35. The monoisotopic (exact) mass is 267 g/mol. The Balaban J connectivity index is 2.20. The van der Waals surface area contributed by atoms with Crippen molar-refractivity contribution in [3.63, 3.8) is 0 Å². The number of nitrogens with zero attached hydrogens (tertiary/aromatic N) is 3. The van der Waals surface area contributed by atoms with E-state index in [1.54, 1.807) is 4.90 Å². The number of nitrogens with two attached hydrogens (primary N) is 1. The second-order valence-corrected chi connectivity index (χ2v) is 5.18. The van der Waals surface area contributed by atoms with Crippen molar-refractivity contribution < 1.29 is 4.79 Å². The Hall–Kier alpha value is -1.74. The quantitative estimate of drug-likeness (QED) is 0.804. The number of carbonyl (C=O) groups is 1. The molecule has 0 aromatic carbocycles. The van der Waals surface area contributed by atoms with E-state index in [-0.39, 0.29) is 22.4 Å². The van der Waals surface area contributed by atoms with Gasteiger partial charge in [0.1, 0.15) is 10.7 Å². The smallest absolute Gasteiger partial charge is 0.273 e. The minimum Gasteiger partial charge on any atom is -0.381 e. The normalized spacial score (nSPS) is 23.7. The van der Waals surface area contributed by atoms with E-state index in [4.69, 9.17) is 22.6 Å². The molecule has 6 nitrogen and oxygen atoms in total. The highest BCUT2D eigenvalue weighted by atomic mass is 35.5. The molecule has 0 spiro atoms. The van der Waals surface area contributed by atoms with Crippen LogP contribution in [0.3, 0.4) is 0 Å². The highest BCUT2D eigenvalue weighted by Gasteiger charge is 2.34. The maximum absolute atomic E-state index is 12.2. The molecule has 2 heterocycles. The van der Waals surface area contributed by atoms with Gasteiger partial charge in [-0.1, -0.05) is 11.6 Å². The van der Waals surface area contributed by atoms with Gasteiger partial charge in [-0.3, -0.25) is 9.89 Å². The molecule has 1 aliphatic heterocycles. The number of carbonyl (C=O) groups excluding carboxylic acids is 1. The summed E-state index contributed by atoms with van der Waals surface area (Å²) in [5, 5.41) is 15.5. The van der Waals surface area contributed by atoms with Crippen molar-refractivity contribution in [3.05, 3.63) is 10.7 Å². The van der Waals surface area contributed by atoms with E-state index in [0.717, 1.165) is 12.8 Å². The van der Waals surface area contributed by atoms with Crippen LogP contribution in [0.1, 0.15) is 30.3 Å². The number of rotatable bonds is 1. The lowest BCUT2D eigenvalue weighted by atomic mass is 9.83. The third kappa shape index (κ3) is 2.14. The van der Waals surface area contributed by atoms with Gasteiger partial charge >= 0.3 is 0 Å². The molecule has 18 heavy (non-hydrogen) atoms. The average molecular weight is 268 g/mol. The number of halogens is 1. The summed E-state index contributed by atoms with van der Waals surface area (Å²) in [5.41, 5.74) is 5.19. The Kier molecular flexibility index (Phi) is 3.18. The zero-order chi connectivity index (χ0) is 13.3. The van der Waals surface area contributed by atoms with Crippen molar-refractivity contribution in [2.45, 2.75) is 19.8 Å². The Morgan fingerprint density at radius 3 is 3.00 bits per heavy atom. The van der Waals surface area contributed by atoms with Gasteiger partial charge in [-0.15, -0.1) is 0 Å². The van der Waals surface area contributed by atoms with Gasteiger partial charge in [0.2, 0.25) is 0 Å². The highest BCUT2D eigenvalue weighted by molar-refractivity contribution is 6.35. The van der Waals surface area contributed by atoms with E-state index < -0.39 is 5.41 Å². The number of aromatic nitrogens is 2. The maximum atomic E-state index is 12.2. The molecular formula is C11H14ClN5O. The van der Waals surface area contributed by atoms with Gasteiger partial charge < -0.3 is 10.6 Å². The van der Waals surface area contributed by atoms with E-state index in [9.17, 15) is 4.79 Å². The van der Waals surface area contributed by atoms with Crippen LogP contribution in [0, 0.1) is 16.7 Å². The topological polar surface area (TPSA) is 98.8 Å². The van der Waals surface area contributed by atoms with E-state index in [1.807, 2.05) is 6.92 Å². The van der Waals surface area contributed by atoms with Crippen LogP contribution in [0.4, 0.5) is 5.82 Å². The summed E-state index contributed by atoms with van der Waals surface area (Å²) in [6.07, 6.45) is 1.60. The number of piperidine rings is 1. The van der Waals surface area contributed by atoms with Crippen LogP contribution in [0.25, 0.3) is 0 Å². The molecule has 1 fully saturated rings. The minimum absolute atomic E-state index is 0.111. The molecule has 1 atom stereocenters. The standard InChI is InChI=1S/C11H14ClN5O/c1-11(5-13)3-2-4-17(6-11)10(18)8-7(12)9(14)16-15-8/h2-4,6H2,1H3,(H3,14,15,16)/t11-/m1/s1. The van der Waals surface area contributed by atoms with Crippen LogP contribution in [-0.2, 0) is 0 Å². The summed E-state index contributed by atoms with van der Waals surface area (Å²) >= 11 is 5.90. The lowest BCUT2D eigenvalue weighted by Crippen LogP contribution is -2.44. The van der Waals surface area contributed by atoms with Crippen LogP contribution in [0.2, 0.25) is 5.02 Å². The summed E-state index contributed by atoms with van der Waals surface area (Å²) in [6.45, 7) is 2.87. The number of hydrogen-bond donors (Lipinski definition) is 2. The van der Waals surface area contributed by atoms with Gasteiger partial charge in [0.15, 0.2) is 5.82 Å². The second kappa shape index (κ2) is 4.50. The maximum Gasteiger partial charge on any atom is 0.273 e. The molecule has 1 aromatic rings. The number of H-pyrrole nitrogens is 1. The summed E-state index contributed by atoms with van der Waals surface area (Å²) < 4.78 is 0. The SMILES string of the molecule is C[C@]1(C#N)CCCN(C(=O)c2[nH]nc(N)c2Cl)C1. The number of nitriles is 1. The zero-order valence-electron chi connectivity index (χ0n) is 10.0. The van der Waals surface area contributed by atoms with Crippen LogP contribution in [0.5, 0.6) is 0 Å². The molecule has 1 saturated heterocycles. The van der Waals surface area contributed by atoms with E-state index >= 15 is 0 Å². The first-order chi connectivity index (χ1) is 8.47. The predicted molar refractivity (Wildman–Crippen MR) is 66.9 cm³/mol. The Bertz CT molecular complexity index is 520. The average Bonchev–Trinajstić information content (AvgIpc) is 2.69. The van der Waals surface area contributed by atoms with Gasteiger partial charge in [0, 0.05) is 13.1 Å². The number of aromatic amines is 1. The molecule has 0 unspecified atom stereocenters. The largest absolute Gasteiger partial charge is 0.381 e. The van der Waals surface area contributed by atoms with Gasteiger partial charge in [0.05, 0.1) is 11.5 Å². The summed E-state index contributed by atoms with van der Waals surface area (Å²) in [6, 6.07) is 2.26. The van der Waals surface area contributed by atoms with E-state index in [0.29, 0.717) is 13.1 Å². The van der Waals surface area contributed by atoms with Gasteiger partial charge in [-0.05, 0) is 19.8 Å². The van der Waals surface area contributed by atoms with Crippen LogP contribution >= 0.6 is 11.6 Å². The van der Waals surface area contributed by atoms with Crippen molar-refractivity contribution in [3.8, 4) is 6.07 Å². The molecule has 3 N–H and O–H groups in total. The lowest BCUT2D eigenvalue weighted by molar-refractivity contribution is 0.0624. The fourth-order valence-corrected chi connectivity index (χ4v) is 2.31. The van der Waals surface area contributed by atoms with Gasteiger partial charge in [0.25, 0.3) is 5.91 Å². The highest BCUT2D eigenvalue weighted by Crippen LogP contribution is 2.30. The molecule has 0 saturated carbocycles. The van der Waals surface area contributed by atoms with Crippen molar-refractivity contribution in [1.29, 1.82) is 5.26 Å². The Morgan fingerprint density at radius 1 is 1.72 bits per heavy atom. The number of amides is 1. The number of likely N-dealkylation sites (tertiary alicyclic amines) is 1. The Morgan fingerprint density at radius 2 is 2.44 bits per heavy atom. The third-order valence-corrected chi connectivity index (χ3v) is 3.58. The minimum atomic E-state index is -0.494. The summed E-state index contributed by atoms with van der Waals surface area (Å²) in [7, 11) is 0. The number of hydrogen-bond acceptors (Lipinski definition) is 4. The predicted octanol–water partition coefficient (Wildman–Crippen LogP) is 1.41. The van der Waals surface area contributed by atoms with Crippen molar-refractivity contribution >= 4 is 23.3 Å². The molecule has 0 aliphatic carbocycles. The Labute approximate surface area is 110 Å². The van der Waals surface area contributed by atoms with Crippen molar-refractivity contribution in [1.82, 2.24) is 15.1 Å². The van der Waals surface area contributed by atoms with Crippen LogP contribution in [-0.4, -0.2) is 34.1 Å². The molecule has 96 valence electrons. The first-order valence-corrected chi connectivity index (χ1v) is 6.04. The van der Waals surface area contributed by atoms with E-state index in [1.165, 1.54) is 0 Å². The number of nitrogen functional groups attached to an aromatic ring is 1. The molecule has 1 aromatic heterocycles. The molecule has 0 radical (unpaired) electrons. The van der Waals surface area contributed by atoms with Crippen molar-refractivity contribution in [2.75, 3.05) is 18.8 Å².